The molecule has 0 atom stereocenters. The smallest absolute Gasteiger partial charge is 0.204 e. The molecule has 0 unspecified atom stereocenters. The van der Waals surface area contributed by atoms with Crippen LogP contribution in [0, 0.1) is 0 Å². The standard InChI is InChI=1S/C24H26O6/c1-12(2)6-7-14-19-17(10-15(25)23(14)28-5)29-18-11-16-13(8-9-24(3,4)30-16)21(26)20(18)22(19)27/h10-11,25-26H,1,6-9H2,2-5H3. The van der Waals surface area contributed by atoms with Crippen LogP contribution in [0.4, 0.5) is 0 Å². The number of fused-ring (bicyclic) bond motifs is 3. The van der Waals surface area contributed by atoms with Crippen molar-refractivity contribution in [3.8, 4) is 23.0 Å². The van der Waals surface area contributed by atoms with E-state index in [0.29, 0.717) is 41.5 Å². The van der Waals surface area contributed by atoms with E-state index in [1.807, 2.05) is 20.8 Å². The molecule has 3 aromatic rings. The van der Waals surface area contributed by atoms with Crippen molar-refractivity contribution in [2.45, 2.75) is 52.1 Å². The van der Waals surface area contributed by atoms with E-state index in [1.54, 1.807) is 6.07 Å². The normalized spacial score (nSPS) is 15.1. The van der Waals surface area contributed by atoms with Gasteiger partial charge in [-0.05, 0) is 46.5 Å². The second-order valence-electron chi connectivity index (χ2n) is 8.61. The van der Waals surface area contributed by atoms with E-state index in [-0.39, 0.29) is 44.8 Å². The molecule has 2 heterocycles. The number of hydrogen-bond acceptors (Lipinski definition) is 6. The lowest BCUT2D eigenvalue weighted by Crippen LogP contribution is -2.32. The molecule has 1 aliphatic rings. The third kappa shape index (κ3) is 3.16. The molecular formula is C24H26O6. The van der Waals surface area contributed by atoms with Gasteiger partial charge in [0.15, 0.2) is 11.5 Å². The molecular weight excluding hydrogens is 384 g/mol. The Kier molecular flexibility index (Phi) is 4.68. The first-order valence-electron chi connectivity index (χ1n) is 10.0. The van der Waals surface area contributed by atoms with E-state index in [9.17, 15) is 15.0 Å². The third-order valence-electron chi connectivity index (χ3n) is 5.69. The molecule has 2 aromatic carbocycles. The molecule has 2 N–H and O–H groups in total. The van der Waals surface area contributed by atoms with Gasteiger partial charge in [-0.1, -0.05) is 5.57 Å². The van der Waals surface area contributed by atoms with E-state index in [4.69, 9.17) is 13.9 Å². The quantitative estimate of drug-likeness (QED) is 0.466. The Morgan fingerprint density at radius 2 is 1.93 bits per heavy atom. The van der Waals surface area contributed by atoms with Crippen molar-refractivity contribution in [3.05, 3.63) is 45.6 Å². The lowest BCUT2D eigenvalue weighted by molar-refractivity contribution is 0.0839. The zero-order chi connectivity index (χ0) is 21.8. The van der Waals surface area contributed by atoms with Gasteiger partial charge in [0.1, 0.15) is 33.7 Å². The molecule has 0 aliphatic carbocycles. The van der Waals surface area contributed by atoms with Gasteiger partial charge in [0.2, 0.25) is 5.43 Å². The molecule has 0 bridgehead atoms. The largest absolute Gasteiger partial charge is 0.507 e. The highest BCUT2D eigenvalue weighted by Gasteiger charge is 2.31. The first-order valence-corrected chi connectivity index (χ1v) is 10.0. The fourth-order valence-corrected chi connectivity index (χ4v) is 4.13. The van der Waals surface area contributed by atoms with E-state index in [2.05, 4.69) is 6.58 Å². The molecule has 1 aromatic heterocycles. The van der Waals surface area contributed by atoms with Crippen LogP contribution >= 0.6 is 0 Å². The summed E-state index contributed by atoms with van der Waals surface area (Å²) < 4.78 is 17.4. The number of phenols is 2. The van der Waals surface area contributed by atoms with Gasteiger partial charge in [0, 0.05) is 23.3 Å². The molecule has 6 nitrogen and oxygen atoms in total. The average Bonchev–Trinajstić information content (AvgIpc) is 2.64. The Balaban J connectivity index is 2.07. The Labute approximate surface area is 174 Å². The van der Waals surface area contributed by atoms with Gasteiger partial charge in [0.05, 0.1) is 12.5 Å². The summed E-state index contributed by atoms with van der Waals surface area (Å²) in [5.74, 6) is 0.534. The highest BCUT2D eigenvalue weighted by molar-refractivity contribution is 5.97. The van der Waals surface area contributed by atoms with E-state index < -0.39 is 0 Å². The zero-order valence-electron chi connectivity index (χ0n) is 17.7. The number of rotatable bonds is 4. The molecule has 6 heteroatoms. The summed E-state index contributed by atoms with van der Waals surface area (Å²) in [6, 6.07) is 3.03. The van der Waals surface area contributed by atoms with E-state index in [1.165, 1.54) is 13.2 Å². The molecule has 0 radical (unpaired) electrons. The van der Waals surface area contributed by atoms with Crippen LogP contribution in [0.2, 0.25) is 0 Å². The minimum Gasteiger partial charge on any atom is -0.507 e. The molecule has 0 saturated carbocycles. The fourth-order valence-electron chi connectivity index (χ4n) is 4.13. The number of ether oxygens (including phenoxy) is 2. The predicted molar refractivity (Wildman–Crippen MR) is 116 cm³/mol. The number of aryl methyl sites for hydroxylation is 1. The SMILES string of the molecule is C=C(C)CCc1c(OC)c(O)cc2oc3cc4c(c(O)c3c(=O)c12)CCC(C)(C)O4. The summed E-state index contributed by atoms with van der Waals surface area (Å²) in [7, 11) is 1.45. The van der Waals surface area contributed by atoms with Gasteiger partial charge in [0.25, 0.3) is 0 Å². The Morgan fingerprint density at radius 3 is 2.60 bits per heavy atom. The highest BCUT2D eigenvalue weighted by atomic mass is 16.5. The van der Waals surface area contributed by atoms with Crippen molar-refractivity contribution in [1.82, 2.24) is 0 Å². The maximum absolute atomic E-state index is 13.5. The molecule has 1 aliphatic heterocycles. The second kappa shape index (κ2) is 6.97. The van der Waals surface area contributed by atoms with Gasteiger partial charge in [-0.15, -0.1) is 6.58 Å². The van der Waals surface area contributed by atoms with Crippen molar-refractivity contribution in [3.63, 3.8) is 0 Å². The summed E-state index contributed by atoms with van der Waals surface area (Å²) in [6.45, 7) is 9.77. The minimum absolute atomic E-state index is 0.105. The molecule has 4 rings (SSSR count). The van der Waals surface area contributed by atoms with Crippen molar-refractivity contribution in [2.75, 3.05) is 7.11 Å². The number of phenolic OH excluding ortho intramolecular Hbond substituents is 2. The summed E-state index contributed by atoms with van der Waals surface area (Å²) in [5.41, 5.74) is 1.82. The number of methoxy groups -OCH3 is 1. The number of benzene rings is 2. The number of allylic oxidation sites excluding steroid dienone is 1. The van der Waals surface area contributed by atoms with Crippen molar-refractivity contribution in [1.29, 1.82) is 0 Å². The van der Waals surface area contributed by atoms with Gasteiger partial charge in [-0.2, -0.15) is 0 Å². The van der Waals surface area contributed by atoms with Crippen LogP contribution < -0.4 is 14.9 Å². The van der Waals surface area contributed by atoms with Crippen LogP contribution in [0.15, 0.2) is 33.5 Å². The Hall–Kier alpha value is -3.15. The van der Waals surface area contributed by atoms with Gasteiger partial charge in [-0.3, -0.25) is 4.79 Å². The second-order valence-corrected chi connectivity index (χ2v) is 8.61. The summed E-state index contributed by atoms with van der Waals surface area (Å²) >= 11 is 0. The van der Waals surface area contributed by atoms with Crippen LogP contribution in [-0.4, -0.2) is 22.9 Å². The van der Waals surface area contributed by atoms with Crippen LogP contribution in [-0.2, 0) is 12.8 Å². The summed E-state index contributed by atoms with van der Waals surface area (Å²) in [4.78, 5) is 13.5. The number of hydrogen-bond donors (Lipinski definition) is 2. The monoisotopic (exact) mass is 410 g/mol. The van der Waals surface area contributed by atoms with Gasteiger partial charge >= 0.3 is 0 Å². The molecule has 0 saturated heterocycles. The first-order chi connectivity index (χ1) is 14.1. The zero-order valence-corrected chi connectivity index (χ0v) is 17.7. The summed E-state index contributed by atoms with van der Waals surface area (Å²) in [5, 5.41) is 21.8. The molecule has 0 amide bonds. The maximum atomic E-state index is 13.5. The Bertz CT molecular complexity index is 1250. The average molecular weight is 410 g/mol. The first kappa shape index (κ1) is 20.1. The third-order valence-corrected chi connectivity index (χ3v) is 5.69. The highest BCUT2D eigenvalue weighted by Crippen LogP contribution is 2.44. The van der Waals surface area contributed by atoms with Crippen molar-refractivity contribution in [2.24, 2.45) is 0 Å². The van der Waals surface area contributed by atoms with Crippen LogP contribution in [0.5, 0.6) is 23.0 Å². The number of aromatic hydroxyl groups is 2. The fraction of sp³-hybridized carbons (Fsp3) is 0.375. The van der Waals surface area contributed by atoms with Crippen molar-refractivity contribution < 1.29 is 24.1 Å². The van der Waals surface area contributed by atoms with E-state index >= 15 is 0 Å². The lowest BCUT2D eigenvalue weighted by atomic mass is 9.92. The summed E-state index contributed by atoms with van der Waals surface area (Å²) in [6.07, 6.45) is 2.39. The molecule has 30 heavy (non-hydrogen) atoms. The maximum Gasteiger partial charge on any atom is 0.204 e. The Morgan fingerprint density at radius 1 is 1.23 bits per heavy atom. The topological polar surface area (TPSA) is 89.1 Å². The van der Waals surface area contributed by atoms with Crippen LogP contribution in [0.25, 0.3) is 21.9 Å². The lowest BCUT2D eigenvalue weighted by Gasteiger charge is -2.33. The van der Waals surface area contributed by atoms with Crippen molar-refractivity contribution >= 4 is 21.9 Å². The molecule has 0 fully saturated rings. The van der Waals surface area contributed by atoms with Crippen LogP contribution in [0.1, 0.15) is 44.7 Å². The van der Waals surface area contributed by atoms with Crippen LogP contribution in [0.3, 0.4) is 0 Å². The molecule has 158 valence electrons. The predicted octanol–water partition coefficient (Wildman–Crippen LogP) is 4.98. The van der Waals surface area contributed by atoms with Gasteiger partial charge < -0.3 is 24.1 Å². The van der Waals surface area contributed by atoms with E-state index in [0.717, 1.165) is 12.0 Å². The minimum atomic E-state index is -0.369. The molecule has 0 spiro atoms. The van der Waals surface area contributed by atoms with Gasteiger partial charge in [-0.25, -0.2) is 0 Å².